The molecule has 4 aromatic rings. The highest BCUT2D eigenvalue weighted by molar-refractivity contribution is 5.98. The first kappa shape index (κ1) is 24.4. The van der Waals surface area contributed by atoms with Gasteiger partial charge in [-0.1, -0.05) is 18.2 Å². The van der Waals surface area contributed by atoms with Gasteiger partial charge in [0.2, 0.25) is 0 Å². The van der Waals surface area contributed by atoms with Gasteiger partial charge in [-0.3, -0.25) is 4.79 Å². The fourth-order valence-electron chi connectivity index (χ4n) is 6.08. The summed E-state index contributed by atoms with van der Waals surface area (Å²) in [4.78, 5) is 22.8. The quantitative estimate of drug-likeness (QED) is 0.360. The van der Waals surface area contributed by atoms with Crippen molar-refractivity contribution in [2.24, 2.45) is 17.3 Å². The molecule has 0 amide bonds. The molecular formula is C29H32N6O3. The fraction of sp³-hybridized carbons (Fsp3) is 0.379. The number of aromatic nitrogens is 4. The lowest BCUT2D eigenvalue weighted by molar-refractivity contribution is -0.147. The monoisotopic (exact) mass is 512 g/mol. The average Bonchev–Trinajstić information content (AvgIpc) is 3.57. The van der Waals surface area contributed by atoms with Crippen molar-refractivity contribution in [3.63, 3.8) is 0 Å². The largest absolute Gasteiger partial charge is 0.481 e. The first-order chi connectivity index (χ1) is 18.3. The van der Waals surface area contributed by atoms with Crippen LogP contribution in [-0.2, 0) is 4.79 Å². The van der Waals surface area contributed by atoms with Crippen LogP contribution in [0.3, 0.4) is 0 Å². The molecule has 1 aliphatic heterocycles. The van der Waals surface area contributed by atoms with Crippen LogP contribution in [0, 0.1) is 17.3 Å². The normalized spacial score (nSPS) is 21.6. The Labute approximate surface area is 221 Å². The van der Waals surface area contributed by atoms with Crippen LogP contribution in [0.25, 0.3) is 22.3 Å². The Balaban J connectivity index is 1.24. The van der Waals surface area contributed by atoms with E-state index in [0.29, 0.717) is 24.2 Å². The number of benzene rings is 2. The number of ether oxygens (including phenoxy) is 1. The van der Waals surface area contributed by atoms with E-state index in [0.717, 1.165) is 59.7 Å². The van der Waals surface area contributed by atoms with Crippen LogP contribution in [0.2, 0.25) is 0 Å². The zero-order chi connectivity index (χ0) is 26.4. The van der Waals surface area contributed by atoms with Crippen molar-refractivity contribution in [1.82, 2.24) is 24.6 Å². The summed E-state index contributed by atoms with van der Waals surface area (Å²) in [6.07, 6.45) is 3.47. The molecule has 2 aromatic carbocycles. The number of carboxylic acid groups (broad SMARTS) is 1. The van der Waals surface area contributed by atoms with Crippen LogP contribution in [0.4, 0.5) is 5.82 Å². The predicted molar refractivity (Wildman–Crippen MR) is 145 cm³/mol. The van der Waals surface area contributed by atoms with Gasteiger partial charge in [-0.2, -0.15) is 5.10 Å². The average molecular weight is 513 g/mol. The molecule has 2 fully saturated rings. The molecule has 1 saturated carbocycles. The lowest BCUT2D eigenvalue weighted by atomic mass is 9.93. The highest BCUT2D eigenvalue weighted by Crippen LogP contribution is 2.46. The van der Waals surface area contributed by atoms with Crippen molar-refractivity contribution in [3.8, 4) is 22.8 Å². The van der Waals surface area contributed by atoms with E-state index in [1.54, 1.807) is 13.8 Å². The Kier molecular flexibility index (Phi) is 6.03. The molecule has 2 atom stereocenters. The molecule has 3 heterocycles. The number of hydrogen-bond acceptors (Lipinski definition) is 7. The summed E-state index contributed by atoms with van der Waals surface area (Å²) in [5.41, 5.74) is 8.05. The minimum Gasteiger partial charge on any atom is -0.481 e. The molecule has 38 heavy (non-hydrogen) atoms. The molecule has 9 nitrogen and oxygen atoms in total. The van der Waals surface area contributed by atoms with Gasteiger partial charge in [-0.15, -0.1) is 0 Å². The van der Waals surface area contributed by atoms with E-state index in [9.17, 15) is 9.90 Å². The molecule has 9 heteroatoms. The number of nitrogens with zero attached hydrogens (tertiary/aromatic N) is 5. The Morgan fingerprint density at radius 3 is 2.34 bits per heavy atom. The van der Waals surface area contributed by atoms with Gasteiger partial charge in [0.15, 0.2) is 5.65 Å². The minimum atomic E-state index is -0.750. The lowest BCUT2D eigenvalue weighted by Gasteiger charge is -2.27. The number of hydrogen-bond donors (Lipinski definition) is 2. The Hall–Kier alpha value is -3.98. The van der Waals surface area contributed by atoms with Crippen molar-refractivity contribution < 1.29 is 14.6 Å². The number of carbonyl (C=O) groups is 1. The number of nitrogen functional groups attached to an aromatic ring is 1. The third kappa shape index (κ3) is 4.47. The third-order valence-corrected chi connectivity index (χ3v) is 7.97. The predicted octanol–water partition coefficient (Wildman–Crippen LogP) is 4.86. The Morgan fingerprint density at radius 1 is 1.03 bits per heavy atom. The molecule has 0 radical (unpaired) electrons. The zero-order valence-electron chi connectivity index (χ0n) is 21.6. The van der Waals surface area contributed by atoms with Crippen molar-refractivity contribution in [1.29, 1.82) is 0 Å². The fourth-order valence-corrected chi connectivity index (χ4v) is 6.08. The van der Waals surface area contributed by atoms with Crippen molar-refractivity contribution in [2.45, 2.75) is 32.7 Å². The van der Waals surface area contributed by atoms with Gasteiger partial charge in [0, 0.05) is 25.2 Å². The van der Waals surface area contributed by atoms with Gasteiger partial charge < -0.3 is 20.5 Å². The molecule has 6 rings (SSSR count). The summed E-state index contributed by atoms with van der Waals surface area (Å²) in [5, 5.41) is 15.3. The molecule has 1 aliphatic carbocycles. The topological polar surface area (TPSA) is 119 Å². The number of aliphatic carboxylic acids is 1. The van der Waals surface area contributed by atoms with Crippen LogP contribution in [0.5, 0.6) is 11.5 Å². The molecule has 1 saturated heterocycles. The summed E-state index contributed by atoms with van der Waals surface area (Å²) in [6, 6.07) is 17.7. The smallest absolute Gasteiger partial charge is 0.310 e. The first-order valence-corrected chi connectivity index (χ1v) is 13.1. The molecule has 0 spiro atoms. The third-order valence-electron chi connectivity index (χ3n) is 7.97. The van der Waals surface area contributed by atoms with E-state index < -0.39 is 11.4 Å². The van der Waals surface area contributed by atoms with Crippen LogP contribution >= 0.6 is 0 Å². The van der Waals surface area contributed by atoms with E-state index in [2.05, 4.69) is 14.9 Å². The number of fused-ring (bicyclic) bond motifs is 2. The highest BCUT2D eigenvalue weighted by Gasteiger charge is 2.44. The van der Waals surface area contributed by atoms with Gasteiger partial charge in [0.05, 0.1) is 16.8 Å². The van der Waals surface area contributed by atoms with E-state index in [1.807, 2.05) is 59.3 Å². The number of para-hydroxylation sites is 1. The summed E-state index contributed by atoms with van der Waals surface area (Å²) < 4.78 is 7.99. The SMILES string of the molecule is CC(C)(CN1CC2CC(n3nc(-c4ccc(Oc5ccccc5)cc4)c4c(N)ncnc43)CC2C1)C(=O)O. The summed E-state index contributed by atoms with van der Waals surface area (Å²) >= 11 is 0. The van der Waals surface area contributed by atoms with E-state index in [4.69, 9.17) is 15.6 Å². The standard InChI is InChI=1S/C29H32N6O3/c1-29(2,28(36)37)16-34-14-19-12-21(13-20(19)15-34)35-27-24(26(30)31-17-32-27)25(33-35)18-8-10-23(11-9-18)38-22-6-4-3-5-7-22/h3-11,17,19-21H,12-16H2,1-2H3,(H,36,37)(H2,30,31,32). The molecule has 2 aliphatic rings. The number of nitrogens with two attached hydrogens (primary N) is 1. The number of likely N-dealkylation sites (tertiary alicyclic amines) is 1. The van der Waals surface area contributed by atoms with Gasteiger partial charge >= 0.3 is 5.97 Å². The van der Waals surface area contributed by atoms with Gasteiger partial charge in [-0.05, 0) is 74.9 Å². The van der Waals surface area contributed by atoms with Crippen LogP contribution < -0.4 is 10.5 Å². The molecule has 3 N–H and O–H groups in total. The first-order valence-electron chi connectivity index (χ1n) is 13.1. The zero-order valence-corrected chi connectivity index (χ0v) is 21.6. The second-order valence-electron chi connectivity index (χ2n) is 11.2. The van der Waals surface area contributed by atoms with Gasteiger partial charge in [0.1, 0.15) is 29.3 Å². The maximum Gasteiger partial charge on any atom is 0.310 e. The van der Waals surface area contributed by atoms with Crippen molar-refractivity contribution >= 4 is 22.8 Å². The Morgan fingerprint density at radius 2 is 1.68 bits per heavy atom. The summed E-state index contributed by atoms with van der Waals surface area (Å²) in [6.45, 7) is 6.01. The minimum absolute atomic E-state index is 0.214. The van der Waals surface area contributed by atoms with Crippen LogP contribution in [-0.4, -0.2) is 55.4 Å². The van der Waals surface area contributed by atoms with E-state index >= 15 is 0 Å². The number of carboxylic acids is 1. The Bertz CT molecular complexity index is 1450. The van der Waals surface area contributed by atoms with E-state index in [1.165, 1.54) is 6.33 Å². The van der Waals surface area contributed by atoms with Gasteiger partial charge in [-0.25, -0.2) is 14.6 Å². The second kappa shape index (κ2) is 9.40. The number of rotatable bonds is 7. The molecule has 2 unspecified atom stereocenters. The van der Waals surface area contributed by atoms with Crippen LogP contribution in [0.15, 0.2) is 60.9 Å². The molecule has 0 bridgehead atoms. The molecular weight excluding hydrogens is 480 g/mol. The number of anilines is 1. The summed E-state index contributed by atoms with van der Waals surface area (Å²) in [7, 11) is 0. The highest BCUT2D eigenvalue weighted by atomic mass is 16.5. The maximum absolute atomic E-state index is 11.6. The van der Waals surface area contributed by atoms with E-state index in [-0.39, 0.29) is 6.04 Å². The second-order valence-corrected chi connectivity index (χ2v) is 11.2. The van der Waals surface area contributed by atoms with Crippen molar-refractivity contribution in [3.05, 3.63) is 60.9 Å². The van der Waals surface area contributed by atoms with Crippen LogP contribution in [0.1, 0.15) is 32.7 Å². The lowest BCUT2D eigenvalue weighted by Crippen LogP contribution is -2.38. The maximum atomic E-state index is 11.6. The molecule has 2 aromatic heterocycles. The molecule has 196 valence electrons. The van der Waals surface area contributed by atoms with Gasteiger partial charge in [0.25, 0.3) is 0 Å². The van der Waals surface area contributed by atoms with Crippen molar-refractivity contribution in [2.75, 3.05) is 25.4 Å². The summed E-state index contributed by atoms with van der Waals surface area (Å²) in [5.74, 6) is 2.22.